The third kappa shape index (κ3) is 4.82. The lowest BCUT2D eigenvalue weighted by atomic mass is 9.99. The van der Waals surface area contributed by atoms with Gasteiger partial charge in [0, 0.05) is 31.1 Å². The highest BCUT2D eigenvalue weighted by Crippen LogP contribution is 2.27. The fourth-order valence-electron chi connectivity index (χ4n) is 2.91. The highest BCUT2D eigenvalue weighted by Gasteiger charge is 2.28. The number of carbonyl (C=O) groups excluding carboxylic acids is 1. The molecule has 2 atom stereocenters. The van der Waals surface area contributed by atoms with Crippen LogP contribution in [0.25, 0.3) is 0 Å². The second-order valence-corrected chi connectivity index (χ2v) is 5.71. The molecule has 1 fully saturated rings. The van der Waals surface area contributed by atoms with Gasteiger partial charge in [0.1, 0.15) is 5.82 Å². The van der Waals surface area contributed by atoms with Gasteiger partial charge in [-0.15, -0.1) is 19.0 Å². The average Bonchev–Trinajstić information content (AvgIpc) is 2.86. The SMILES string of the molecule is C=CCN(Cc1ccccc1F)C(=O)C[C@@H]1CCC[C@H]1N.Cl. The molecule has 1 aliphatic rings. The second kappa shape index (κ2) is 8.91. The second-order valence-electron chi connectivity index (χ2n) is 5.71. The van der Waals surface area contributed by atoms with Gasteiger partial charge in [-0.05, 0) is 24.8 Å². The van der Waals surface area contributed by atoms with Crippen LogP contribution in [0.2, 0.25) is 0 Å². The van der Waals surface area contributed by atoms with E-state index in [-0.39, 0.29) is 42.6 Å². The van der Waals surface area contributed by atoms with Crippen molar-refractivity contribution in [3.05, 3.63) is 48.3 Å². The minimum Gasteiger partial charge on any atom is -0.335 e. The van der Waals surface area contributed by atoms with Crippen molar-refractivity contribution in [2.24, 2.45) is 11.7 Å². The van der Waals surface area contributed by atoms with E-state index in [9.17, 15) is 9.18 Å². The van der Waals surface area contributed by atoms with E-state index in [1.165, 1.54) is 6.07 Å². The maximum atomic E-state index is 13.7. The molecule has 0 aliphatic heterocycles. The Hall–Kier alpha value is -1.39. The molecule has 2 rings (SSSR count). The Bertz CT molecular complexity index is 509. The zero-order chi connectivity index (χ0) is 15.2. The summed E-state index contributed by atoms with van der Waals surface area (Å²) in [7, 11) is 0. The van der Waals surface area contributed by atoms with Crippen LogP contribution in [0, 0.1) is 11.7 Å². The molecule has 2 N–H and O–H groups in total. The van der Waals surface area contributed by atoms with Gasteiger partial charge >= 0.3 is 0 Å². The van der Waals surface area contributed by atoms with Crippen LogP contribution in [0.1, 0.15) is 31.2 Å². The highest BCUT2D eigenvalue weighted by atomic mass is 35.5. The van der Waals surface area contributed by atoms with Gasteiger partial charge in [0.15, 0.2) is 0 Å². The van der Waals surface area contributed by atoms with Crippen LogP contribution in [0.3, 0.4) is 0 Å². The number of nitrogens with zero attached hydrogens (tertiary/aromatic N) is 1. The van der Waals surface area contributed by atoms with E-state index in [0.717, 1.165) is 19.3 Å². The molecule has 0 aromatic heterocycles. The molecule has 22 heavy (non-hydrogen) atoms. The first-order chi connectivity index (χ1) is 10.1. The number of amides is 1. The van der Waals surface area contributed by atoms with Crippen LogP contribution in [-0.4, -0.2) is 23.4 Å². The van der Waals surface area contributed by atoms with Crippen molar-refractivity contribution in [2.45, 2.75) is 38.3 Å². The number of hydrogen-bond donors (Lipinski definition) is 1. The molecular formula is C17H24ClFN2O. The normalized spacial score (nSPS) is 20.3. The lowest BCUT2D eigenvalue weighted by Gasteiger charge is -2.24. The Kier molecular flexibility index (Phi) is 7.56. The molecule has 0 spiro atoms. The standard InChI is InChI=1S/C17H23FN2O.ClH/c1-2-10-20(12-14-6-3-4-8-15(14)18)17(21)11-13-7-5-9-16(13)19;/h2-4,6,8,13,16H,1,5,7,9-12,19H2;1H/t13-,16+;/m0./s1. The van der Waals surface area contributed by atoms with Gasteiger partial charge in [-0.2, -0.15) is 0 Å². The molecule has 0 saturated heterocycles. The van der Waals surface area contributed by atoms with Gasteiger partial charge in [-0.3, -0.25) is 4.79 Å². The van der Waals surface area contributed by atoms with Crippen LogP contribution in [0.5, 0.6) is 0 Å². The van der Waals surface area contributed by atoms with Crippen molar-refractivity contribution >= 4 is 18.3 Å². The lowest BCUT2D eigenvalue weighted by molar-refractivity contribution is -0.132. The Balaban J connectivity index is 0.00000242. The largest absolute Gasteiger partial charge is 0.335 e. The number of carbonyl (C=O) groups is 1. The van der Waals surface area contributed by atoms with E-state index in [1.807, 2.05) is 0 Å². The van der Waals surface area contributed by atoms with E-state index in [0.29, 0.717) is 18.5 Å². The van der Waals surface area contributed by atoms with Crippen LogP contribution >= 0.6 is 12.4 Å². The maximum absolute atomic E-state index is 13.7. The third-order valence-corrected chi connectivity index (χ3v) is 4.18. The average molecular weight is 327 g/mol. The third-order valence-electron chi connectivity index (χ3n) is 4.18. The lowest BCUT2D eigenvalue weighted by Crippen LogP contribution is -2.35. The molecule has 0 bridgehead atoms. The molecule has 122 valence electrons. The molecule has 1 saturated carbocycles. The zero-order valence-electron chi connectivity index (χ0n) is 12.7. The zero-order valence-corrected chi connectivity index (χ0v) is 13.5. The molecular weight excluding hydrogens is 303 g/mol. The van der Waals surface area contributed by atoms with E-state index >= 15 is 0 Å². The number of rotatable bonds is 6. The van der Waals surface area contributed by atoms with Crippen molar-refractivity contribution in [1.29, 1.82) is 0 Å². The molecule has 1 amide bonds. The summed E-state index contributed by atoms with van der Waals surface area (Å²) >= 11 is 0. The van der Waals surface area contributed by atoms with Gasteiger partial charge in [-0.1, -0.05) is 30.7 Å². The van der Waals surface area contributed by atoms with Crippen molar-refractivity contribution in [1.82, 2.24) is 4.90 Å². The Morgan fingerprint density at radius 3 is 2.73 bits per heavy atom. The topological polar surface area (TPSA) is 46.3 Å². The molecule has 5 heteroatoms. The Labute approximate surface area is 137 Å². The van der Waals surface area contributed by atoms with Crippen LogP contribution in [0.15, 0.2) is 36.9 Å². The molecule has 1 aliphatic carbocycles. The summed E-state index contributed by atoms with van der Waals surface area (Å²) in [6.45, 7) is 4.38. The van der Waals surface area contributed by atoms with Gasteiger partial charge < -0.3 is 10.6 Å². The van der Waals surface area contributed by atoms with Gasteiger partial charge in [0.25, 0.3) is 0 Å². The molecule has 1 aromatic rings. The maximum Gasteiger partial charge on any atom is 0.223 e. The van der Waals surface area contributed by atoms with E-state index in [2.05, 4.69) is 6.58 Å². The first-order valence-corrected chi connectivity index (χ1v) is 7.49. The fraction of sp³-hybridized carbons (Fsp3) is 0.471. The summed E-state index contributed by atoms with van der Waals surface area (Å²) in [5.74, 6) is 0.00266. The summed E-state index contributed by atoms with van der Waals surface area (Å²) < 4.78 is 13.7. The smallest absolute Gasteiger partial charge is 0.223 e. The molecule has 0 unspecified atom stereocenters. The highest BCUT2D eigenvalue weighted by molar-refractivity contribution is 5.85. The van der Waals surface area contributed by atoms with Crippen molar-refractivity contribution in [2.75, 3.05) is 6.54 Å². The number of hydrogen-bond acceptors (Lipinski definition) is 2. The van der Waals surface area contributed by atoms with Crippen LogP contribution in [0.4, 0.5) is 4.39 Å². The molecule has 3 nitrogen and oxygen atoms in total. The Morgan fingerprint density at radius 2 is 2.14 bits per heavy atom. The first-order valence-electron chi connectivity index (χ1n) is 7.49. The molecule has 0 heterocycles. The first kappa shape index (κ1) is 18.7. The number of halogens is 2. The predicted octanol–water partition coefficient (Wildman–Crippen LogP) is 3.28. The van der Waals surface area contributed by atoms with Gasteiger partial charge in [0.2, 0.25) is 5.91 Å². The molecule has 1 aromatic carbocycles. The summed E-state index contributed by atoms with van der Waals surface area (Å²) in [6.07, 6.45) is 5.21. The summed E-state index contributed by atoms with van der Waals surface area (Å²) in [5.41, 5.74) is 6.56. The van der Waals surface area contributed by atoms with Crippen LogP contribution < -0.4 is 5.73 Å². The van der Waals surface area contributed by atoms with Crippen molar-refractivity contribution in [3.8, 4) is 0 Å². The quantitative estimate of drug-likeness (QED) is 0.815. The van der Waals surface area contributed by atoms with E-state index in [4.69, 9.17) is 5.73 Å². The monoisotopic (exact) mass is 326 g/mol. The minimum atomic E-state index is -0.281. The predicted molar refractivity (Wildman–Crippen MR) is 89.2 cm³/mol. The summed E-state index contributed by atoms with van der Waals surface area (Å²) in [4.78, 5) is 14.1. The van der Waals surface area contributed by atoms with Gasteiger partial charge in [0.05, 0.1) is 0 Å². The number of nitrogens with two attached hydrogens (primary N) is 1. The van der Waals surface area contributed by atoms with Gasteiger partial charge in [-0.25, -0.2) is 4.39 Å². The van der Waals surface area contributed by atoms with E-state index in [1.54, 1.807) is 29.2 Å². The van der Waals surface area contributed by atoms with E-state index < -0.39 is 0 Å². The van der Waals surface area contributed by atoms with Crippen molar-refractivity contribution in [3.63, 3.8) is 0 Å². The summed E-state index contributed by atoms with van der Waals surface area (Å²) in [6, 6.07) is 6.67. The molecule has 0 radical (unpaired) electrons. The van der Waals surface area contributed by atoms with Crippen molar-refractivity contribution < 1.29 is 9.18 Å². The Morgan fingerprint density at radius 1 is 1.41 bits per heavy atom. The minimum absolute atomic E-state index is 0. The van der Waals surface area contributed by atoms with Crippen LogP contribution in [-0.2, 0) is 11.3 Å². The summed E-state index contributed by atoms with van der Waals surface area (Å²) in [5, 5.41) is 0. The fourth-order valence-corrected chi connectivity index (χ4v) is 2.91. The number of benzene rings is 1.